The molecule has 0 bridgehead atoms. The van der Waals surface area contributed by atoms with E-state index >= 15 is 0 Å². The highest BCUT2D eigenvalue weighted by atomic mass is 16.7. The molecule has 84 valence electrons. The molecule has 0 radical (unpaired) electrons. The van der Waals surface area contributed by atoms with Crippen LogP contribution in [0, 0.1) is 10.1 Å². The Bertz CT molecular complexity index is 410. The van der Waals surface area contributed by atoms with Gasteiger partial charge in [0.2, 0.25) is 0 Å². The zero-order chi connectivity index (χ0) is 11.4. The van der Waals surface area contributed by atoms with E-state index in [-0.39, 0.29) is 12.0 Å². The molecule has 0 aromatic heterocycles. The fourth-order valence-corrected chi connectivity index (χ4v) is 1.46. The Morgan fingerprint density at radius 1 is 1.31 bits per heavy atom. The second kappa shape index (κ2) is 4.87. The van der Waals surface area contributed by atoms with Crippen molar-refractivity contribution in [2.45, 2.75) is 6.29 Å². The van der Waals surface area contributed by atoms with Crippen molar-refractivity contribution < 1.29 is 14.4 Å². The number of rotatable bonds is 3. The Kier molecular flexibility index (Phi) is 3.28. The number of benzene rings is 1. The maximum Gasteiger partial charge on any atom is 0.276 e. The van der Waals surface area contributed by atoms with E-state index in [0.29, 0.717) is 18.8 Å². The predicted molar refractivity (Wildman–Crippen MR) is 57.8 cm³/mol. The van der Waals surface area contributed by atoms with Crippen molar-refractivity contribution in [2.75, 3.05) is 13.2 Å². The molecule has 1 saturated heterocycles. The molecule has 0 N–H and O–H groups in total. The third kappa shape index (κ3) is 2.44. The van der Waals surface area contributed by atoms with E-state index in [1.807, 2.05) is 0 Å². The maximum absolute atomic E-state index is 10.7. The summed E-state index contributed by atoms with van der Waals surface area (Å²) in [6.45, 7) is 1.12. The Labute approximate surface area is 92.4 Å². The van der Waals surface area contributed by atoms with Crippen molar-refractivity contribution >= 4 is 11.8 Å². The largest absolute Gasteiger partial charge is 0.347 e. The lowest BCUT2D eigenvalue weighted by Gasteiger charge is -2.01. The third-order valence-electron chi connectivity index (χ3n) is 2.21. The lowest BCUT2D eigenvalue weighted by atomic mass is 10.1. The molecular weight excluding hydrogens is 210 g/mol. The normalized spacial score (nSPS) is 17.0. The molecule has 1 aromatic rings. The summed E-state index contributed by atoms with van der Waals surface area (Å²) in [5.74, 6) is 0. The average Bonchev–Trinajstić information content (AvgIpc) is 2.79. The van der Waals surface area contributed by atoms with Gasteiger partial charge in [-0.1, -0.05) is 12.1 Å². The zero-order valence-corrected chi connectivity index (χ0v) is 8.54. The van der Waals surface area contributed by atoms with Crippen LogP contribution >= 0.6 is 0 Å². The Morgan fingerprint density at radius 2 is 2.00 bits per heavy atom. The SMILES string of the molecule is O=[N+]([O-])c1ccccc1/C=C/C1OCCO1. The summed E-state index contributed by atoms with van der Waals surface area (Å²) >= 11 is 0. The van der Waals surface area contributed by atoms with Gasteiger partial charge < -0.3 is 9.47 Å². The molecule has 1 aliphatic heterocycles. The summed E-state index contributed by atoms with van der Waals surface area (Å²) < 4.78 is 10.4. The number of hydrogen-bond donors (Lipinski definition) is 0. The van der Waals surface area contributed by atoms with Gasteiger partial charge in [-0.15, -0.1) is 0 Å². The summed E-state index contributed by atoms with van der Waals surface area (Å²) in [5.41, 5.74) is 0.628. The van der Waals surface area contributed by atoms with Gasteiger partial charge in [-0.3, -0.25) is 10.1 Å². The standard InChI is InChI=1S/C11H11NO4/c13-12(14)10-4-2-1-3-9(10)5-6-11-15-7-8-16-11/h1-6,11H,7-8H2/b6-5+. The van der Waals surface area contributed by atoms with Gasteiger partial charge in [-0.2, -0.15) is 0 Å². The highest BCUT2D eigenvalue weighted by Crippen LogP contribution is 2.19. The minimum Gasteiger partial charge on any atom is -0.347 e. The first-order chi connectivity index (χ1) is 7.77. The number of nitro groups is 1. The zero-order valence-electron chi connectivity index (χ0n) is 8.54. The van der Waals surface area contributed by atoms with Crippen LogP contribution in [0.1, 0.15) is 5.56 Å². The number of para-hydroxylation sites is 1. The highest BCUT2D eigenvalue weighted by Gasteiger charge is 2.13. The molecule has 16 heavy (non-hydrogen) atoms. The van der Waals surface area contributed by atoms with Gasteiger partial charge in [0, 0.05) is 6.07 Å². The summed E-state index contributed by atoms with van der Waals surface area (Å²) in [5, 5.41) is 10.7. The monoisotopic (exact) mass is 221 g/mol. The lowest BCUT2D eigenvalue weighted by molar-refractivity contribution is -0.385. The van der Waals surface area contributed by atoms with Crippen LogP contribution in [0.5, 0.6) is 0 Å². The molecule has 0 amide bonds. The van der Waals surface area contributed by atoms with Gasteiger partial charge >= 0.3 is 0 Å². The Balaban J connectivity index is 2.16. The van der Waals surface area contributed by atoms with Gasteiger partial charge in [0.05, 0.1) is 23.7 Å². The van der Waals surface area contributed by atoms with E-state index < -0.39 is 4.92 Å². The molecular formula is C11H11NO4. The van der Waals surface area contributed by atoms with E-state index in [9.17, 15) is 10.1 Å². The van der Waals surface area contributed by atoms with Crippen LogP contribution in [0.4, 0.5) is 5.69 Å². The predicted octanol–water partition coefficient (Wildman–Crippen LogP) is 1.98. The van der Waals surface area contributed by atoms with Crippen LogP contribution in [-0.4, -0.2) is 24.4 Å². The fraction of sp³-hybridized carbons (Fsp3) is 0.273. The molecule has 1 heterocycles. The smallest absolute Gasteiger partial charge is 0.276 e. The molecule has 0 saturated carbocycles. The van der Waals surface area contributed by atoms with Crippen LogP contribution in [0.2, 0.25) is 0 Å². The van der Waals surface area contributed by atoms with Crippen LogP contribution in [-0.2, 0) is 9.47 Å². The fourth-order valence-electron chi connectivity index (χ4n) is 1.46. The molecule has 1 aliphatic rings. The first kappa shape index (κ1) is 10.8. The van der Waals surface area contributed by atoms with E-state index in [1.165, 1.54) is 6.07 Å². The first-order valence-electron chi connectivity index (χ1n) is 4.92. The minimum atomic E-state index is -0.407. The Hall–Kier alpha value is -1.72. The quantitative estimate of drug-likeness (QED) is 0.578. The van der Waals surface area contributed by atoms with Crippen LogP contribution in [0.25, 0.3) is 6.08 Å². The van der Waals surface area contributed by atoms with Crippen LogP contribution in [0.3, 0.4) is 0 Å². The van der Waals surface area contributed by atoms with Crippen molar-refractivity contribution in [2.24, 2.45) is 0 Å². The van der Waals surface area contributed by atoms with Crippen LogP contribution < -0.4 is 0 Å². The molecule has 0 aliphatic carbocycles. The minimum absolute atomic E-state index is 0.0803. The second-order valence-electron chi connectivity index (χ2n) is 3.29. The first-order valence-corrected chi connectivity index (χ1v) is 4.92. The van der Waals surface area contributed by atoms with Crippen molar-refractivity contribution in [1.29, 1.82) is 0 Å². The maximum atomic E-state index is 10.7. The molecule has 1 aromatic carbocycles. The van der Waals surface area contributed by atoms with Crippen molar-refractivity contribution in [3.05, 3.63) is 46.0 Å². The van der Waals surface area contributed by atoms with Crippen molar-refractivity contribution in [1.82, 2.24) is 0 Å². The number of hydrogen-bond acceptors (Lipinski definition) is 4. The highest BCUT2D eigenvalue weighted by molar-refractivity contribution is 5.60. The van der Waals surface area contributed by atoms with Crippen LogP contribution in [0.15, 0.2) is 30.3 Å². The molecule has 0 atom stereocenters. The summed E-state index contributed by atoms with van der Waals surface area (Å²) in [4.78, 5) is 10.3. The van der Waals surface area contributed by atoms with E-state index in [1.54, 1.807) is 30.4 Å². The number of nitrogens with zero attached hydrogens (tertiary/aromatic N) is 1. The van der Waals surface area contributed by atoms with Crippen molar-refractivity contribution in [3.63, 3.8) is 0 Å². The average molecular weight is 221 g/mol. The Morgan fingerprint density at radius 3 is 2.69 bits per heavy atom. The van der Waals surface area contributed by atoms with Gasteiger partial charge in [0.15, 0.2) is 6.29 Å². The topological polar surface area (TPSA) is 61.6 Å². The second-order valence-corrected chi connectivity index (χ2v) is 3.29. The van der Waals surface area contributed by atoms with Crippen molar-refractivity contribution in [3.8, 4) is 0 Å². The van der Waals surface area contributed by atoms with Gasteiger partial charge in [-0.25, -0.2) is 0 Å². The van der Waals surface area contributed by atoms with E-state index in [4.69, 9.17) is 9.47 Å². The molecule has 5 nitrogen and oxygen atoms in total. The third-order valence-corrected chi connectivity index (χ3v) is 2.21. The summed E-state index contributed by atoms with van der Waals surface area (Å²) in [7, 11) is 0. The lowest BCUT2D eigenvalue weighted by Crippen LogP contribution is -2.01. The molecule has 5 heteroatoms. The molecule has 2 rings (SSSR count). The molecule has 0 unspecified atom stereocenters. The molecule has 1 fully saturated rings. The number of nitro benzene ring substituents is 1. The van der Waals surface area contributed by atoms with E-state index in [0.717, 1.165) is 0 Å². The van der Waals surface area contributed by atoms with E-state index in [2.05, 4.69) is 0 Å². The van der Waals surface area contributed by atoms with Gasteiger partial charge in [-0.05, 0) is 18.2 Å². The van der Waals surface area contributed by atoms with Gasteiger partial charge in [0.1, 0.15) is 0 Å². The van der Waals surface area contributed by atoms with Gasteiger partial charge in [0.25, 0.3) is 5.69 Å². The molecule has 0 spiro atoms. The number of ether oxygens (including phenoxy) is 2. The summed E-state index contributed by atoms with van der Waals surface area (Å²) in [6, 6.07) is 6.54. The summed E-state index contributed by atoms with van der Waals surface area (Å²) in [6.07, 6.45) is 2.93.